The molecule has 0 saturated heterocycles. The highest BCUT2D eigenvalue weighted by molar-refractivity contribution is 5.82. The highest BCUT2D eigenvalue weighted by Gasteiger charge is 2.42. The Morgan fingerprint density at radius 2 is 1.07 bits per heavy atom. The lowest BCUT2D eigenvalue weighted by atomic mass is 9.70. The van der Waals surface area contributed by atoms with Crippen molar-refractivity contribution in [3.05, 3.63) is 58.7 Å². The summed E-state index contributed by atoms with van der Waals surface area (Å²) in [6, 6.07) is 14.7. The van der Waals surface area contributed by atoms with Crippen molar-refractivity contribution in [2.24, 2.45) is 0 Å². The minimum absolute atomic E-state index is 0.215. The molecule has 1 aliphatic rings. The summed E-state index contributed by atoms with van der Waals surface area (Å²) >= 11 is 0. The lowest BCUT2D eigenvalue weighted by Gasteiger charge is -2.33. The molecular formula is C27H38. The zero-order chi connectivity index (χ0) is 19.6. The molecule has 0 fully saturated rings. The van der Waals surface area contributed by atoms with Crippen LogP contribution in [0.1, 0.15) is 114 Å². The summed E-state index contributed by atoms with van der Waals surface area (Å²) < 4.78 is 0. The molecule has 0 N–H and O–H groups in total. The van der Waals surface area contributed by atoms with Gasteiger partial charge in [-0.2, -0.15) is 0 Å². The number of hydrogen-bond acceptors (Lipinski definition) is 0. The van der Waals surface area contributed by atoms with Crippen molar-refractivity contribution in [3.63, 3.8) is 0 Å². The van der Waals surface area contributed by atoms with Gasteiger partial charge in [-0.15, -0.1) is 0 Å². The first-order valence-electron chi connectivity index (χ1n) is 11.2. The minimum atomic E-state index is 0.215. The fourth-order valence-corrected chi connectivity index (χ4v) is 4.87. The van der Waals surface area contributed by atoms with Crippen molar-refractivity contribution in [3.8, 4) is 11.1 Å². The molecule has 3 rings (SSSR count). The van der Waals surface area contributed by atoms with Crippen LogP contribution in [-0.4, -0.2) is 0 Å². The van der Waals surface area contributed by atoms with Gasteiger partial charge in [0.25, 0.3) is 0 Å². The van der Waals surface area contributed by atoms with Crippen LogP contribution in [0.3, 0.4) is 0 Å². The summed E-state index contributed by atoms with van der Waals surface area (Å²) in [6.45, 7) is 13.9. The summed E-state index contributed by atoms with van der Waals surface area (Å²) in [5.74, 6) is 1.17. The summed E-state index contributed by atoms with van der Waals surface area (Å²) in [6.07, 6.45) is 7.72. The molecule has 1 aliphatic carbocycles. The van der Waals surface area contributed by atoms with Gasteiger partial charge >= 0.3 is 0 Å². The van der Waals surface area contributed by atoms with Gasteiger partial charge in [0.15, 0.2) is 0 Å². The van der Waals surface area contributed by atoms with Crippen LogP contribution in [0.4, 0.5) is 0 Å². The van der Waals surface area contributed by atoms with Gasteiger partial charge in [0.1, 0.15) is 0 Å². The normalized spacial score (nSPS) is 14.7. The largest absolute Gasteiger partial charge is 0.0654 e. The molecule has 27 heavy (non-hydrogen) atoms. The highest BCUT2D eigenvalue weighted by Crippen LogP contribution is 2.55. The second-order valence-electron chi connectivity index (χ2n) is 9.21. The molecule has 0 atom stereocenters. The minimum Gasteiger partial charge on any atom is -0.0654 e. The standard InChI is InChI=1S/C27H38/c1-7-9-15-27(16-10-8-2)25-17-21(19(3)4)11-13-23(25)24-14-12-22(20(5)6)18-26(24)27/h11-14,17-20H,7-10,15-16H2,1-6H3. The second kappa shape index (κ2) is 8.21. The number of fused-ring (bicyclic) bond motifs is 3. The molecule has 0 amide bonds. The summed E-state index contributed by atoms with van der Waals surface area (Å²) in [5.41, 5.74) is 9.42. The number of rotatable bonds is 8. The van der Waals surface area contributed by atoms with Gasteiger partial charge in [0, 0.05) is 5.41 Å². The Morgan fingerprint density at radius 3 is 1.41 bits per heavy atom. The molecule has 146 valence electrons. The Labute approximate surface area is 167 Å². The van der Waals surface area contributed by atoms with Crippen LogP contribution >= 0.6 is 0 Å². The van der Waals surface area contributed by atoms with E-state index in [1.54, 1.807) is 11.1 Å². The monoisotopic (exact) mass is 362 g/mol. The first-order valence-corrected chi connectivity index (χ1v) is 11.2. The Balaban J connectivity index is 2.25. The molecule has 0 heterocycles. The maximum Gasteiger partial charge on any atom is 0.0215 e. The molecule has 0 spiro atoms. The number of unbranched alkanes of at least 4 members (excludes halogenated alkanes) is 2. The first kappa shape index (κ1) is 20.2. The summed E-state index contributed by atoms with van der Waals surface area (Å²) in [7, 11) is 0. The van der Waals surface area contributed by atoms with E-state index in [1.807, 2.05) is 0 Å². The van der Waals surface area contributed by atoms with E-state index in [0.717, 1.165) is 0 Å². The van der Waals surface area contributed by atoms with Crippen LogP contribution in [0.5, 0.6) is 0 Å². The highest BCUT2D eigenvalue weighted by atomic mass is 14.4. The molecule has 0 unspecified atom stereocenters. The number of benzene rings is 2. The van der Waals surface area contributed by atoms with E-state index in [4.69, 9.17) is 0 Å². The third-order valence-corrected chi connectivity index (χ3v) is 6.66. The van der Waals surface area contributed by atoms with Gasteiger partial charge < -0.3 is 0 Å². The molecule has 0 heteroatoms. The lowest BCUT2D eigenvalue weighted by molar-refractivity contribution is 0.414. The Morgan fingerprint density at radius 1 is 0.667 bits per heavy atom. The van der Waals surface area contributed by atoms with E-state index in [9.17, 15) is 0 Å². The number of hydrogen-bond donors (Lipinski definition) is 0. The summed E-state index contributed by atoms with van der Waals surface area (Å²) in [5, 5.41) is 0. The molecule has 0 saturated carbocycles. The van der Waals surface area contributed by atoms with E-state index in [0.29, 0.717) is 11.8 Å². The van der Waals surface area contributed by atoms with E-state index in [2.05, 4.69) is 77.9 Å². The topological polar surface area (TPSA) is 0 Å². The molecule has 0 bridgehead atoms. The van der Waals surface area contributed by atoms with Crippen LogP contribution in [0.15, 0.2) is 36.4 Å². The average Bonchev–Trinajstić information content (AvgIpc) is 2.93. The van der Waals surface area contributed by atoms with Crippen molar-refractivity contribution in [2.45, 2.75) is 97.3 Å². The van der Waals surface area contributed by atoms with Gasteiger partial charge in [0.05, 0.1) is 0 Å². The van der Waals surface area contributed by atoms with Crippen molar-refractivity contribution < 1.29 is 0 Å². The predicted molar refractivity (Wildman–Crippen MR) is 120 cm³/mol. The molecule has 0 nitrogen and oxygen atoms in total. The van der Waals surface area contributed by atoms with E-state index < -0.39 is 0 Å². The van der Waals surface area contributed by atoms with Crippen molar-refractivity contribution >= 4 is 0 Å². The molecular weight excluding hydrogens is 324 g/mol. The van der Waals surface area contributed by atoms with Crippen LogP contribution in [0, 0.1) is 0 Å². The van der Waals surface area contributed by atoms with Crippen molar-refractivity contribution in [1.29, 1.82) is 0 Å². The Hall–Kier alpha value is -1.56. The first-order chi connectivity index (χ1) is 12.9. The Kier molecular flexibility index (Phi) is 6.14. The fraction of sp³-hybridized carbons (Fsp3) is 0.556. The third-order valence-electron chi connectivity index (χ3n) is 6.66. The molecule has 2 aromatic carbocycles. The smallest absolute Gasteiger partial charge is 0.0215 e. The second-order valence-corrected chi connectivity index (χ2v) is 9.21. The quantitative estimate of drug-likeness (QED) is 0.441. The Bertz CT molecular complexity index is 711. The average molecular weight is 363 g/mol. The van der Waals surface area contributed by atoms with Crippen LogP contribution in [-0.2, 0) is 5.41 Å². The van der Waals surface area contributed by atoms with E-state index in [1.165, 1.54) is 60.8 Å². The molecule has 0 aromatic heterocycles. The van der Waals surface area contributed by atoms with E-state index >= 15 is 0 Å². The van der Waals surface area contributed by atoms with Gasteiger partial charge in [0.2, 0.25) is 0 Å². The maximum absolute atomic E-state index is 2.56. The molecule has 0 radical (unpaired) electrons. The van der Waals surface area contributed by atoms with Crippen LogP contribution in [0.25, 0.3) is 11.1 Å². The van der Waals surface area contributed by atoms with Crippen molar-refractivity contribution in [1.82, 2.24) is 0 Å². The van der Waals surface area contributed by atoms with Crippen LogP contribution < -0.4 is 0 Å². The predicted octanol–water partition coefficient (Wildman–Crippen LogP) is 8.58. The van der Waals surface area contributed by atoms with Gasteiger partial charge in [-0.05, 0) is 58.1 Å². The lowest BCUT2D eigenvalue weighted by Crippen LogP contribution is -2.26. The van der Waals surface area contributed by atoms with Gasteiger partial charge in [-0.1, -0.05) is 104 Å². The maximum atomic E-state index is 2.56. The molecule has 0 aliphatic heterocycles. The van der Waals surface area contributed by atoms with Gasteiger partial charge in [-0.3, -0.25) is 0 Å². The zero-order valence-corrected chi connectivity index (χ0v) is 18.4. The van der Waals surface area contributed by atoms with Crippen molar-refractivity contribution in [2.75, 3.05) is 0 Å². The van der Waals surface area contributed by atoms with Gasteiger partial charge in [-0.25, -0.2) is 0 Å². The third kappa shape index (κ3) is 3.60. The fourth-order valence-electron chi connectivity index (χ4n) is 4.87. The SMILES string of the molecule is CCCCC1(CCCC)c2cc(C(C)C)ccc2-c2ccc(C(C)C)cc21. The molecule has 2 aromatic rings. The van der Waals surface area contributed by atoms with E-state index in [-0.39, 0.29) is 5.41 Å². The zero-order valence-electron chi connectivity index (χ0n) is 18.4. The van der Waals surface area contributed by atoms with Crippen LogP contribution in [0.2, 0.25) is 0 Å². The summed E-state index contributed by atoms with van der Waals surface area (Å²) in [4.78, 5) is 0.